The highest BCUT2D eigenvalue weighted by molar-refractivity contribution is 5.71. The highest BCUT2D eigenvalue weighted by Crippen LogP contribution is 2.47. The highest BCUT2D eigenvalue weighted by atomic mass is 16.5. The normalized spacial score (nSPS) is 42.9. The summed E-state index contributed by atoms with van der Waals surface area (Å²) < 4.78 is 5.43. The number of carboxylic acids is 1. The molecule has 102 valence electrons. The fourth-order valence-corrected chi connectivity index (χ4v) is 4.44. The van der Waals surface area contributed by atoms with Crippen LogP contribution in [-0.2, 0) is 9.53 Å². The largest absolute Gasteiger partial charge is 0.481 e. The van der Waals surface area contributed by atoms with Crippen LogP contribution in [-0.4, -0.2) is 47.8 Å². The van der Waals surface area contributed by atoms with Crippen LogP contribution in [0.1, 0.15) is 32.6 Å². The fraction of sp³-hybridized carbons (Fsp3) is 0.929. The maximum Gasteiger partial charge on any atom is 0.310 e. The van der Waals surface area contributed by atoms with E-state index in [-0.39, 0.29) is 12.0 Å². The third-order valence-corrected chi connectivity index (χ3v) is 5.29. The first-order valence-electron chi connectivity index (χ1n) is 7.27. The number of carbonyl (C=O) groups is 1. The Bertz CT molecular complexity index is 333. The van der Waals surface area contributed by atoms with Crippen LogP contribution >= 0.6 is 0 Å². The van der Waals surface area contributed by atoms with Crippen LogP contribution in [0.2, 0.25) is 0 Å². The van der Waals surface area contributed by atoms with E-state index in [4.69, 9.17) is 4.74 Å². The van der Waals surface area contributed by atoms with Gasteiger partial charge in [0, 0.05) is 12.1 Å². The predicted octanol–water partition coefficient (Wildman–Crippen LogP) is 1.60. The van der Waals surface area contributed by atoms with Crippen molar-refractivity contribution in [3.8, 4) is 0 Å². The first kappa shape index (κ1) is 12.4. The van der Waals surface area contributed by atoms with Crippen molar-refractivity contribution in [1.29, 1.82) is 0 Å². The Morgan fingerprint density at radius 1 is 1.28 bits per heavy atom. The number of ether oxygens (including phenoxy) is 1. The van der Waals surface area contributed by atoms with Gasteiger partial charge in [0.25, 0.3) is 0 Å². The molecule has 3 aliphatic rings. The van der Waals surface area contributed by atoms with E-state index in [2.05, 4.69) is 11.8 Å². The second kappa shape index (κ2) is 4.82. The van der Waals surface area contributed by atoms with E-state index in [0.717, 1.165) is 18.4 Å². The topological polar surface area (TPSA) is 49.8 Å². The molecular formula is C14H23NO3. The molecule has 3 fully saturated rings. The molecule has 1 aliphatic heterocycles. The number of aliphatic carboxylic acids is 1. The predicted molar refractivity (Wildman–Crippen MR) is 67.3 cm³/mol. The zero-order valence-electron chi connectivity index (χ0n) is 11.0. The summed E-state index contributed by atoms with van der Waals surface area (Å²) in [6.07, 6.45) is 5.38. The molecule has 1 saturated heterocycles. The lowest BCUT2D eigenvalue weighted by Crippen LogP contribution is -2.50. The highest BCUT2D eigenvalue weighted by Gasteiger charge is 2.47. The second-order valence-electron chi connectivity index (χ2n) is 6.12. The van der Waals surface area contributed by atoms with E-state index in [9.17, 15) is 9.90 Å². The smallest absolute Gasteiger partial charge is 0.310 e. The lowest BCUT2D eigenvalue weighted by atomic mass is 9.91. The molecule has 2 saturated carbocycles. The van der Waals surface area contributed by atoms with Gasteiger partial charge in [0.15, 0.2) is 0 Å². The Labute approximate surface area is 108 Å². The van der Waals surface area contributed by atoms with Gasteiger partial charge in [-0.25, -0.2) is 0 Å². The molecule has 0 spiro atoms. The summed E-state index contributed by atoms with van der Waals surface area (Å²) >= 11 is 0. The van der Waals surface area contributed by atoms with Crippen molar-refractivity contribution in [3.05, 3.63) is 0 Å². The summed E-state index contributed by atoms with van der Waals surface area (Å²) in [5.74, 6) is 0.688. The molecule has 5 unspecified atom stereocenters. The van der Waals surface area contributed by atoms with Crippen molar-refractivity contribution in [2.75, 3.05) is 19.8 Å². The Kier molecular flexibility index (Phi) is 3.32. The molecule has 5 atom stereocenters. The molecule has 2 bridgehead atoms. The number of fused-ring (bicyclic) bond motifs is 2. The Morgan fingerprint density at radius 2 is 2.11 bits per heavy atom. The van der Waals surface area contributed by atoms with Gasteiger partial charge >= 0.3 is 5.97 Å². The molecule has 1 heterocycles. The zero-order chi connectivity index (χ0) is 12.7. The van der Waals surface area contributed by atoms with Crippen molar-refractivity contribution in [2.45, 2.75) is 44.7 Å². The first-order valence-corrected chi connectivity index (χ1v) is 7.27. The van der Waals surface area contributed by atoms with Gasteiger partial charge in [0.2, 0.25) is 0 Å². The van der Waals surface area contributed by atoms with Crippen molar-refractivity contribution in [1.82, 2.24) is 4.90 Å². The lowest BCUT2D eigenvalue weighted by molar-refractivity contribution is -0.143. The van der Waals surface area contributed by atoms with Crippen LogP contribution in [0.15, 0.2) is 0 Å². The summed E-state index contributed by atoms with van der Waals surface area (Å²) in [5, 5.41) is 9.30. The van der Waals surface area contributed by atoms with Crippen LogP contribution in [0.3, 0.4) is 0 Å². The Balaban J connectivity index is 1.74. The van der Waals surface area contributed by atoms with E-state index in [0.29, 0.717) is 19.3 Å². The van der Waals surface area contributed by atoms with E-state index in [1.807, 2.05) is 0 Å². The van der Waals surface area contributed by atoms with Crippen LogP contribution in [0, 0.1) is 17.8 Å². The SMILES string of the molecule is CCN(C1CC2CCC1C2)C1COCC1C(=O)O. The van der Waals surface area contributed by atoms with Crippen molar-refractivity contribution >= 4 is 5.97 Å². The summed E-state index contributed by atoms with van der Waals surface area (Å²) in [6, 6.07) is 0.708. The van der Waals surface area contributed by atoms with E-state index < -0.39 is 5.97 Å². The molecule has 4 heteroatoms. The minimum absolute atomic E-state index is 0.0943. The Morgan fingerprint density at radius 3 is 2.67 bits per heavy atom. The monoisotopic (exact) mass is 253 g/mol. The number of carboxylic acid groups (broad SMARTS) is 1. The van der Waals surface area contributed by atoms with Gasteiger partial charge in [-0.15, -0.1) is 0 Å². The molecule has 0 aromatic rings. The van der Waals surface area contributed by atoms with E-state index in [1.54, 1.807) is 0 Å². The molecule has 0 amide bonds. The van der Waals surface area contributed by atoms with E-state index >= 15 is 0 Å². The van der Waals surface area contributed by atoms with Crippen molar-refractivity contribution in [3.63, 3.8) is 0 Å². The lowest BCUT2D eigenvalue weighted by Gasteiger charge is -2.38. The van der Waals surface area contributed by atoms with Gasteiger partial charge < -0.3 is 9.84 Å². The number of nitrogens with zero attached hydrogens (tertiary/aromatic N) is 1. The molecule has 0 aromatic heterocycles. The zero-order valence-corrected chi connectivity index (χ0v) is 11.0. The molecule has 0 radical (unpaired) electrons. The maximum atomic E-state index is 11.3. The molecular weight excluding hydrogens is 230 g/mol. The van der Waals surface area contributed by atoms with Crippen LogP contribution in [0.4, 0.5) is 0 Å². The molecule has 3 rings (SSSR count). The Hall–Kier alpha value is -0.610. The van der Waals surface area contributed by atoms with Crippen LogP contribution in [0.25, 0.3) is 0 Å². The van der Waals surface area contributed by atoms with Gasteiger partial charge in [0.05, 0.1) is 19.1 Å². The minimum Gasteiger partial charge on any atom is -0.481 e. The maximum absolute atomic E-state index is 11.3. The third kappa shape index (κ3) is 1.95. The molecule has 4 nitrogen and oxygen atoms in total. The summed E-state index contributed by atoms with van der Waals surface area (Å²) in [7, 11) is 0. The van der Waals surface area contributed by atoms with Gasteiger partial charge in [-0.2, -0.15) is 0 Å². The number of rotatable bonds is 4. The number of hydrogen-bond donors (Lipinski definition) is 1. The van der Waals surface area contributed by atoms with Gasteiger partial charge in [0.1, 0.15) is 0 Å². The van der Waals surface area contributed by atoms with Gasteiger partial charge in [-0.1, -0.05) is 13.3 Å². The van der Waals surface area contributed by atoms with Gasteiger partial charge in [-0.05, 0) is 37.6 Å². The molecule has 18 heavy (non-hydrogen) atoms. The third-order valence-electron chi connectivity index (χ3n) is 5.29. The van der Waals surface area contributed by atoms with Gasteiger partial charge in [-0.3, -0.25) is 9.69 Å². The van der Waals surface area contributed by atoms with E-state index in [1.165, 1.54) is 25.7 Å². The number of hydrogen-bond acceptors (Lipinski definition) is 3. The molecule has 2 aliphatic carbocycles. The first-order chi connectivity index (χ1) is 8.70. The fourth-order valence-electron chi connectivity index (χ4n) is 4.44. The van der Waals surface area contributed by atoms with Crippen LogP contribution in [0.5, 0.6) is 0 Å². The average molecular weight is 253 g/mol. The van der Waals surface area contributed by atoms with Crippen molar-refractivity contribution < 1.29 is 14.6 Å². The molecule has 0 aromatic carbocycles. The molecule has 1 N–H and O–H groups in total. The van der Waals surface area contributed by atoms with Crippen LogP contribution < -0.4 is 0 Å². The second-order valence-corrected chi connectivity index (χ2v) is 6.12. The number of likely N-dealkylation sites (N-methyl/N-ethyl adjacent to an activating group) is 1. The minimum atomic E-state index is -0.695. The standard InChI is InChI=1S/C14H23NO3/c1-2-15(12-6-9-3-4-10(12)5-9)13-8-18-7-11(13)14(16)17/h9-13H,2-8H2,1H3,(H,16,17). The summed E-state index contributed by atoms with van der Waals surface area (Å²) in [6.45, 7) is 4.09. The average Bonchev–Trinajstić information content (AvgIpc) is 3.05. The quantitative estimate of drug-likeness (QED) is 0.826. The van der Waals surface area contributed by atoms with Crippen molar-refractivity contribution in [2.24, 2.45) is 17.8 Å². The summed E-state index contributed by atoms with van der Waals surface area (Å²) in [5.41, 5.74) is 0. The summed E-state index contributed by atoms with van der Waals surface area (Å²) in [4.78, 5) is 13.7.